The van der Waals surface area contributed by atoms with Gasteiger partial charge >= 0.3 is 6.18 Å². The summed E-state index contributed by atoms with van der Waals surface area (Å²) in [5, 5.41) is 19.8. The Kier molecular flexibility index (Phi) is 15.1. The quantitative estimate of drug-likeness (QED) is 0.177. The van der Waals surface area contributed by atoms with Crippen molar-refractivity contribution in [3.8, 4) is 5.75 Å². The third-order valence-electron chi connectivity index (χ3n) is 7.84. The predicted octanol–water partition coefficient (Wildman–Crippen LogP) is 3.17. The molecule has 2 aliphatic heterocycles. The maximum atomic E-state index is 13.7. The van der Waals surface area contributed by atoms with Crippen LogP contribution in [0.25, 0.3) is 0 Å². The van der Waals surface area contributed by atoms with E-state index >= 15 is 0 Å². The molecule has 2 fully saturated rings. The molecule has 0 unspecified atom stereocenters. The van der Waals surface area contributed by atoms with Crippen molar-refractivity contribution in [3.05, 3.63) is 57.9 Å². The van der Waals surface area contributed by atoms with Gasteiger partial charge < -0.3 is 30.3 Å². The number of benzene rings is 1. The second-order valence-corrected chi connectivity index (χ2v) is 11.7. The highest BCUT2D eigenvalue weighted by atomic mass is 35.5. The monoisotopic (exact) mass is 738 g/mol. The van der Waals surface area contributed by atoms with Crippen molar-refractivity contribution in [2.75, 3.05) is 71.6 Å². The van der Waals surface area contributed by atoms with Gasteiger partial charge in [-0.25, -0.2) is 15.0 Å². The highest BCUT2D eigenvalue weighted by Crippen LogP contribution is 2.34. The van der Waals surface area contributed by atoms with E-state index in [0.29, 0.717) is 24.9 Å². The molecule has 2 aliphatic rings. The minimum atomic E-state index is -4.61. The van der Waals surface area contributed by atoms with Gasteiger partial charge in [0, 0.05) is 58.8 Å². The standard InChI is InChI=1S/C26H30ClF3N8O4.C6H12N2O/c1-5-18(31-3)22(36-8-10-37(11-9-36)24(41)21-23(40)15(2)33-14-34-21)25(42)38(32-4)13-20(39)35-19-7-6-16(12-17(19)27)26(28,29)30;1-7-5-8-3-2-4-9-6-8/h6-7,12,14,31,40H,4-5,8-11,13H2,1-3H3,(H,35,39);1-6H2/b22-18+;. The van der Waals surface area contributed by atoms with Crippen LogP contribution in [0.15, 0.2) is 46.0 Å². The van der Waals surface area contributed by atoms with E-state index in [1.54, 1.807) is 18.9 Å². The van der Waals surface area contributed by atoms with Gasteiger partial charge in [0.15, 0.2) is 11.4 Å². The smallest absolute Gasteiger partial charge is 0.416 e. The number of aryl methyl sites for hydroxylation is 1. The van der Waals surface area contributed by atoms with Gasteiger partial charge in [0.2, 0.25) is 5.91 Å². The number of aliphatic imine (C=N–C) groups is 1. The number of alkyl halides is 3. The highest BCUT2D eigenvalue weighted by molar-refractivity contribution is 6.33. The van der Waals surface area contributed by atoms with Gasteiger partial charge in [0.25, 0.3) is 11.8 Å². The van der Waals surface area contributed by atoms with Crippen molar-refractivity contribution in [2.24, 2.45) is 10.1 Å². The number of hydrogen-bond acceptors (Lipinski definition) is 12. The molecule has 2 aromatic rings. The molecule has 3 heterocycles. The number of halogens is 4. The van der Waals surface area contributed by atoms with Crippen LogP contribution in [0.5, 0.6) is 5.75 Å². The van der Waals surface area contributed by atoms with E-state index in [4.69, 9.17) is 16.3 Å². The van der Waals surface area contributed by atoms with Crippen molar-refractivity contribution in [1.29, 1.82) is 0 Å². The Balaban J connectivity index is 0.000000676. The lowest BCUT2D eigenvalue weighted by Gasteiger charge is -2.38. The average Bonchev–Trinajstić information content (AvgIpc) is 3.11. The SMILES string of the molecule is C=NCN1CCCOC1.C=NN(CC(=O)Nc1ccc(C(F)(F)F)cc1Cl)C(=O)/C(=C(/CC)NC)N1CCN(C(=O)c2ncnc(C)c2O)CC1. The highest BCUT2D eigenvalue weighted by Gasteiger charge is 2.33. The summed E-state index contributed by atoms with van der Waals surface area (Å²) < 4.78 is 44.0. The normalized spacial score (nSPS) is 15.5. The Morgan fingerprint density at radius 3 is 2.35 bits per heavy atom. The molecule has 0 saturated carbocycles. The first-order chi connectivity index (χ1) is 24.2. The van der Waals surface area contributed by atoms with Gasteiger partial charge in [-0.05, 0) is 44.7 Å². The van der Waals surface area contributed by atoms with E-state index in [1.807, 2.05) is 6.92 Å². The Morgan fingerprint density at radius 2 is 1.80 bits per heavy atom. The molecule has 1 aromatic carbocycles. The second kappa shape index (κ2) is 19.0. The number of nitrogens with one attached hydrogen (secondary N) is 2. The van der Waals surface area contributed by atoms with Crippen LogP contribution in [0.2, 0.25) is 5.02 Å². The third-order valence-corrected chi connectivity index (χ3v) is 8.15. The summed E-state index contributed by atoms with van der Waals surface area (Å²) in [6.45, 7) is 13.9. The Bertz CT molecular complexity index is 1590. The maximum Gasteiger partial charge on any atom is 0.416 e. The first-order valence-corrected chi connectivity index (χ1v) is 16.3. The van der Waals surface area contributed by atoms with Gasteiger partial charge in [-0.2, -0.15) is 18.3 Å². The lowest BCUT2D eigenvalue weighted by atomic mass is 10.1. The van der Waals surface area contributed by atoms with E-state index in [0.717, 1.165) is 43.4 Å². The van der Waals surface area contributed by atoms with Gasteiger partial charge in [0.05, 0.1) is 28.6 Å². The van der Waals surface area contributed by atoms with Crippen LogP contribution in [-0.2, 0) is 20.5 Å². The predicted molar refractivity (Wildman–Crippen MR) is 185 cm³/mol. The minimum Gasteiger partial charge on any atom is -0.504 e. The largest absolute Gasteiger partial charge is 0.504 e. The fourth-order valence-electron chi connectivity index (χ4n) is 5.15. The van der Waals surface area contributed by atoms with Gasteiger partial charge in [-0.15, -0.1) is 0 Å². The van der Waals surface area contributed by atoms with E-state index in [-0.39, 0.29) is 59.7 Å². The number of hydrogen-bond donors (Lipinski definition) is 3. The maximum absolute atomic E-state index is 13.7. The zero-order valence-electron chi connectivity index (χ0n) is 28.7. The molecule has 3 N–H and O–H groups in total. The van der Waals surface area contributed by atoms with Crippen LogP contribution in [0.3, 0.4) is 0 Å². The Hall–Kier alpha value is -4.81. The average molecular weight is 739 g/mol. The number of allylic oxidation sites excluding steroid dienone is 1. The summed E-state index contributed by atoms with van der Waals surface area (Å²) in [5.74, 6) is -2.21. The van der Waals surface area contributed by atoms with Crippen molar-refractivity contribution >= 4 is 48.4 Å². The second-order valence-electron chi connectivity index (χ2n) is 11.3. The van der Waals surface area contributed by atoms with E-state index in [1.165, 1.54) is 11.2 Å². The van der Waals surface area contributed by atoms with Crippen molar-refractivity contribution in [2.45, 2.75) is 32.9 Å². The number of rotatable bonds is 11. The fourth-order valence-corrected chi connectivity index (χ4v) is 5.38. The summed E-state index contributed by atoms with van der Waals surface area (Å²) in [7, 11) is 1.64. The zero-order valence-corrected chi connectivity index (χ0v) is 29.4. The summed E-state index contributed by atoms with van der Waals surface area (Å²) >= 11 is 5.93. The van der Waals surface area contributed by atoms with Crippen LogP contribution in [0, 0.1) is 6.92 Å². The Labute approximate surface area is 298 Å². The summed E-state index contributed by atoms with van der Waals surface area (Å²) in [6.07, 6.45) is -1.87. The van der Waals surface area contributed by atoms with Crippen molar-refractivity contribution in [1.82, 2.24) is 35.0 Å². The van der Waals surface area contributed by atoms with Crippen molar-refractivity contribution < 1.29 is 37.4 Å². The van der Waals surface area contributed by atoms with Crippen LogP contribution in [0.1, 0.15) is 41.5 Å². The molecule has 0 radical (unpaired) electrons. The third kappa shape index (κ3) is 11.1. The summed E-state index contributed by atoms with van der Waals surface area (Å²) in [6, 6.07) is 2.47. The van der Waals surface area contributed by atoms with Crippen LogP contribution in [0.4, 0.5) is 18.9 Å². The fraction of sp³-hybridized carbons (Fsp3) is 0.469. The molecule has 51 heavy (non-hydrogen) atoms. The minimum absolute atomic E-state index is 0.0722. The Morgan fingerprint density at radius 1 is 1.12 bits per heavy atom. The molecular weight excluding hydrogens is 697 g/mol. The number of amides is 3. The van der Waals surface area contributed by atoms with E-state index < -0.39 is 36.0 Å². The first-order valence-electron chi connectivity index (χ1n) is 15.9. The number of carbonyl (C=O) groups is 3. The number of hydrazone groups is 1. The molecule has 2 saturated heterocycles. The van der Waals surface area contributed by atoms with Crippen LogP contribution < -0.4 is 10.6 Å². The molecule has 4 rings (SSSR count). The number of anilines is 1. The topological polar surface area (TPSA) is 168 Å². The summed E-state index contributed by atoms with van der Waals surface area (Å²) in [5.41, 5.74) is -0.143. The molecule has 0 bridgehead atoms. The molecule has 0 atom stereocenters. The molecular formula is C32H42ClF3N10O5. The number of aromatic nitrogens is 2. The molecule has 3 amide bonds. The van der Waals surface area contributed by atoms with Crippen molar-refractivity contribution in [3.63, 3.8) is 0 Å². The number of carbonyl (C=O) groups excluding carboxylic acids is 3. The lowest BCUT2D eigenvalue weighted by Crippen LogP contribution is -2.51. The first kappa shape index (κ1) is 40.6. The van der Waals surface area contributed by atoms with E-state index in [2.05, 4.69) is 49.0 Å². The number of piperazine rings is 1. The van der Waals surface area contributed by atoms with Crippen LogP contribution >= 0.6 is 11.6 Å². The van der Waals surface area contributed by atoms with Gasteiger partial charge in [0.1, 0.15) is 25.3 Å². The molecule has 0 aliphatic carbocycles. The number of ether oxygens (including phenoxy) is 1. The molecule has 15 nitrogen and oxygen atoms in total. The summed E-state index contributed by atoms with van der Waals surface area (Å²) in [4.78, 5) is 56.2. The molecule has 278 valence electrons. The number of aromatic hydroxyl groups is 1. The zero-order chi connectivity index (χ0) is 37.7. The van der Waals surface area contributed by atoms with E-state index in [9.17, 15) is 32.7 Å². The number of nitrogens with zero attached hydrogens (tertiary/aromatic N) is 8. The van der Waals surface area contributed by atoms with Gasteiger partial charge in [-0.3, -0.25) is 24.3 Å². The van der Waals surface area contributed by atoms with Gasteiger partial charge in [-0.1, -0.05) is 18.5 Å². The molecule has 1 aromatic heterocycles. The lowest BCUT2D eigenvalue weighted by molar-refractivity contribution is -0.137. The molecule has 19 heteroatoms. The van der Waals surface area contributed by atoms with Crippen LogP contribution in [-0.4, -0.2) is 132 Å². The molecule has 0 spiro atoms.